The van der Waals surface area contributed by atoms with E-state index in [0.29, 0.717) is 5.02 Å². The third-order valence-corrected chi connectivity index (χ3v) is 3.82. The van der Waals surface area contributed by atoms with E-state index in [2.05, 4.69) is 4.98 Å². The molecule has 0 fully saturated rings. The van der Waals surface area contributed by atoms with Crippen LogP contribution in [0.3, 0.4) is 0 Å². The van der Waals surface area contributed by atoms with E-state index in [1.165, 1.54) is 0 Å². The van der Waals surface area contributed by atoms with Crippen molar-refractivity contribution in [3.63, 3.8) is 0 Å². The summed E-state index contributed by atoms with van der Waals surface area (Å²) in [5, 5.41) is 1.65. The van der Waals surface area contributed by atoms with Crippen LogP contribution in [0, 0.1) is 0 Å². The summed E-state index contributed by atoms with van der Waals surface area (Å²) in [6.45, 7) is 0. The predicted molar refractivity (Wildman–Crippen MR) is 95.2 cm³/mol. The molecule has 0 atom stereocenters. The number of benzene rings is 2. The zero-order chi connectivity index (χ0) is 16.2. The molecule has 0 unspecified atom stereocenters. The summed E-state index contributed by atoms with van der Waals surface area (Å²) in [6.07, 6.45) is 3.88. The Morgan fingerprint density at radius 1 is 0.913 bits per heavy atom. The van der Waals surface area contributed by atoms with Crippen molar-refractivity contribution in [2.24, 2.45) is 0 Å². The fourth-order valence-corrected chi connectivity index (χ4v) is 2.62. The number of rotatable bonds is 4. The van der Waals surface area contributed by atoms with Crippen LogP contribution in [0.25, 0.3) is 23.1 Å². The first-order chi connectivity index (χ1) is 11.2. The number of methoxy groups -OCH3 is 2. The van der Waals surface area contributed by atoms with E-state index in [1.54, 1.807) is 14.2 Å². The maximum Gasteiger partial charge on any atom is 0.123 e. The zero-order valence-electron chi connectivity index (χ0n) is 12.9. The highest BCUT2D eigenvalue weighted by molar-refractivity contribution is 6.35. The lowest BCUT2D eigenvalue weighted by Crippen LogP contribution is -1.88. The van der Waals surface area contributed by atoms with Crippen molar-refractivity contribution in [3.8, 4) is 11.5 Å². The summed E-state index contributed by atoms with van der Waals surface area (Å²) in [7, 11) is 3.26. The predicted octanol–water partition coefficient (Wildman–Crippen LogP) is 5.08. The molecule has 0 aliphatic carbocycles. The molecular weight excluding hydrogens is 310 g/mol. The third kappa shape index (κ3) is 3.46. The maximum atomic E-state index is 6.33. The number of aromatic nitrogens is 1. The largest absolute Gasteiger partial charge is 0.497 e. The molecule has 0 amide bonds. The molecule has 0 spiro atoms. The Labute approximate surface area is 140 Å². The highest BCUT2D eigenvalue weighted by atomic mass is 35.5. The second kappa shape index (κ2) is 6.71. The molecule has 0 saturated heterocycles. The quantitative estimate of drug-likeness (QED) is 0.670. The van der Waals surface area contributed by atoms with Gasteiger partial charge in [0.1, 0.15) is 11.5 Å². The lowest BCUT2D eigenvalue weighted by molar-refractivity contribution is 0.394. The van der Waals surface area contributed by atoms with Crippen LogP contribution in [0.15, 0.2) is 48.5 Å². The number of ether oxygens (including phenoxy) is 2. The van der Waals surface area contributed by atoms with E-state index in [0.717, 1.165) is 33.7 Å². The fourth-order valence-electron chi connectivity index (χ4n) is 2.34. The zero-order valence-corrected chi connectivity index (χ0v) is 13.7. The number of nitrogens with zero attached hydrogens (tertiary/aromatic N) is 1. The lowest BCUT2D eigenvalue weighted by atomic mass is 10.1. The van der Waals surface area contributed by atoms with Gasteiger partial charge in [-0.25, -0.2) is 4.98 Å². The summed E-state index contributed by atoms with van der Waals surface area (Å²) in [5.41, 5.74) is 2.64. The molecule has 0 aliphatic heterocycles. The van der Waals surface area contributed by atoms with Crippen LogP contribution in [-0.4, -0.2) is 19.2 Å². The Morgan fingerprint density at radius 2 is 1.61 bits per heavy atom. The van der Waals surface area contributed by atoms with Gasteiger partial charge in [0.15, 0.2) is 0 Å². The van der Waals surface area contributed by atoms with Gasteiger partial charge in [0, 0.05) is 11.5 Å². The van der Waals surface area contributed by atoms with Crippen molar-refractivity contribution in [1.29, 1.82) is 0 Å². The van der Waals surface area contributed by atoms with E-state index in [4.69, 9.17) is 21.1 Å². The molecule has 4 heteroatoms. The van der Waals surface area contributed by atoms with Crippen LogP contribution in [0.4, 0.5) is 0 Å². The van der Waals surface area contributed by atoms with Gasteiger partial charge < -0.3 is 9.47 Å². The Kier molecular flexibility index (Phi) is 4.49. The second-order valence-corrected chi connectivity index (χ2v) is 5.43. The van der Waals surface area contributed by atoms with Crippen LogP contribution >= 0.6 is 11.6 Å². The Morgan fingerprint density at radius 3 is 2.30 bits per heavy atom. The van der Waals surface area contributed by atoms with Crippen LogP contribution in [0.1, 0.15) is 11.3 Å². The topological polar surface area (TPSA) is 31.4 Å². The van der Waals surface area contributed by atoms with Crippen molar-refractivity contribution in [2.75, 3.05) is 14.2 Å². The molecule has 0 bridgehead atoms. The first-order valence-electron chi connectivity index (χ1n) is 7.16. The van der Waals surface area contributed by atoms with Crippen LogP contribution < -0.4 is 9.47 Å². The normalized spacial score (nSPS) is 11.1. The summed E-state index contributed by atoms with van der Waals surface area (Å²) in [6, 6.07) is 15.4. The first kappa shape index (κ1) is 15.4. The maximum absolute atomic E-state index is 6.33. The van der Waals surface area contributed by atoms with Gasteiger partial charge in [-0.2, -0.15) is 0 Å². The van der Waals surface area contributed by atoms with Crippen LogP contribution in [0.5, 0.6) is 11.5 Å². The molecule has 1 aromatic heterocycles. The minimum Gasteiger partial charge on any atom is -0.497 e. The molecule has 23 heavy (non-hydrogen) atoms. The van der Waals surface area contributed by atoms with E-state index in [-0.39, 0.29) is 0 Å². The number of para-hydroxylation sites is 1. The van der Waals surface area contributed by atoms with Gasteiger partial charge in [-0.1, -0.05) is 35.9 Å². The molecule has 3 rings (SSSR count). The molecule has 0 radical (unpaired) electrons. The minimum absolute atomic E-state index is 0.693. The summed E-state index contributed by atoms with van der Waals surface area (Å²) < 4.78 is 10.6. The summed E-state index contributed by atoms with van der Waals surface area (Å²) in [4.78, 5) is 4.60. The standard InChI is InChI=1S/C19H16ClNO2/c1-22-15-9-13(10-16(12-15)23-2)7-8-14-11-18(20)17-5-3-4-6-19(17)21-14/h3-12H,1-2H3/b8-7+. The molecule has 2 aromatic carbocycles. The lowest BCUT2D eigenvalue weighted by Gasteiger charge is -2.06. The summed E-state index contributed by atoms with van der Waals surface area (Å²) in [5.74, 6) is 1.49. The molecule has 0 saturated carbocycles. The molecule has 3 nitrogen and oxygen atoms in total. The van der Waals surface area contributed by atoms with Gasteiger partial charge in [0.25, 0.3) is 0 Å². The highest BCUT2D eigenvalue weighted by Crippen LogP contribution is 2.26. The van der Waals surface area contributed by atoms with Gasteiger partial charge in [-0.3, -0.25) is 0 Å². The van der Waals surface area contributed by atoms with Gasteiger partial charge in [-0.05, 0) is 35.9 Å². The Hall–Kier alpha value is -2.52. The van der Waals surface area contributed by atoms with Crippen molar-refractivity contribution in [2.45, 2.75) is 0 Å². The molecule has 0 N–H and O–H groups in total. The monoisotopic (exact) mass is 325 g/mol. The van der Waals surface area contributed by atoms with Crippen molar-refractivity contribution < 1.29 is 9.47 Å². The van der Waals surface area contributed by atoms with Gasteiger partial charge >= 0.3 is 0 Å². The number of pyridine rings is 1. The number of fused-ring (bicyclic) bond motifs is 1. The van der Waals surface area contributed by atoms with Crippen molar-refractivity contribution in [1.82, 2.24) is 4.98 Å². The average molecular weight is 326 g/mol. The third-order valence-electron chi connectivity index (χ3n) is 3.51. The van der Waals surface area contributed by atoms with Crippen LogP contribution in [0.2, 0.25) is 5.02 Å². The number of hydrogen-bond donors (Lipinski definition) is 0. The molecular formula is C19H16ClNO2. The van der Waals surface area contributed by atoms with E-state index >= 15 is 0 Å². The number of halogens is 1. The SMILES string of the molecule is COc1cc(/C=C/c2cc(Cl)c3ccccc3n2)cc(OC)c1. The highest BCUT2D eigenvalue weighted by Gasteiger charge is 2.03. The van der Waals surface area contributed by atoms with Crippen LogP contribution in [-0.2, 0) is 0 Å². The molecule has 1 heterocycles. The van der Waals surface area contributed by atoms with Crippen molar-refractivity contribution >= 4 is 34.7 Å². The molecule has 116 valence electrons. The fraction of sp³-hybridized carbons (Fsp3) is 0.105. The van der Waals surface area contributed by atoms with E-state index < -0.39 is 0 Å². The molecule has 3 aromatic rings. The molecule has 0 aliphatic rings. The first-order valence-corrected chi connectivity index (χ1v) is 7.54. The Balaban J connectivity index is 1.96. The van der Waals surface area contributed by atoms with Gasteiger partial charge in [-0.15, -0.1) is 0 Å². The summed E-state index contributed by atoms with van der Waals surface area (Å²) >= 11 is 6.33. The van der Waals surface area contributed by atoms with Gasteiger partial charge in [0.05, 0.1) is 30.5 Å². The second-order valence-electron chi connectivity index (χ2n) is 5.03. The van der Waals surface area contributed by atoms with E-state index in [9.17, 15) is 0 Å². The average Bonchev–Trinajstić information content (AvgIpc) is 2.59. The Bertz CT molecular complexity index is 852. The number of hydrogen-bond acceptors (Lipinski definition) is 3. The minimum atomic E-state index is 0.693. The van der Waals surface area contributed by atoms with E-state index in [1.807, 2.05) is 60.7 Å². The van der Waals surface area contributed by atoms with Crippen molar-refractivity contribution in [3.05, 3.63) is 64.8 Å². The van der Waals surface area contributed by atoms with Gasteiger partial charge in [0.2, 0.25) is 0 Å². The smallest absolute Gasteiger partial charge is 0.123 e.